The average molecular weight is 651 g/mol. The van der Waals surface area contributed by atoms with E-state index in [9.17, 15) is 9.50 Å². The van der Waals surface area contributed by atoms with Crippen LogP contribution in [0.15, 0.2) is 12.1 Å². The summed E-state index contributed by atoms with van der Waals surface area (Å²) >= 11 is 0.792. The molecule has 14 heteroatoms. The SMILES string of the molecule is CC1(C(F)(F)F)Cc2c(nc(OCC34CCCN3CCC4)nc2N2CCCC(CO)C2)C(F)=C1c1ccc(F)c2sc(N)nc12. The van der Waals surface area contributed by atoms with Gasteiger partial charge in [0, 0.05) is 36.4 Å². The molecule has 1 aliphatic carbocycles. The molecule has 2 atom stereocenters. The number of fused-ring (bicyclic) bond motifs is 3. The lowest BCUT2D eigenvalue weighted by molar-refractivity contribution is -0.195. The summed E-state index contributed by atoms with van der Waals surface area (Å²) in [7, 11) is 0. The fourth-order valence-electron chi connectivity index (χ4n) is 7.84. The number of thiazole rings is 1. The molecule has 7 rings (SSSR count). The highest BCUT2D eigenvalue weighted by Crippen LogP contribution is 2.58. The molecule has 3 aliphatic heterocycles. The van der Waals surface area contributed by atoms with E-state index in [0.29, 0.717) is 26.1 Å². The topological polar surface area (TPSA) is 101 Å². The monoisotopic (exact) mass is 650 g/mol. The molecule has 0 radical (unpaired) electrons. The zero-order valence-electron chi connectivity index (χ0n) is 24.9. The Hall–Kier alpha value is -3.10. The summed E-state index contributed by atoms with van der Waals surface area (Å²) in [6, 6.07) is 2.04. The largest absolute Gasteiger partial charge is 0.461 e. The van der Waals surface area contributed by atoms with Crippen LogP contribution in [0.3, 0.4) is 0 Å². The Balaban J connectivity index is 1.41. The van der Waals surface area contributed by atoms with Gasteiger partial charge in [0.05, 0.1) is 21.2 Å². The number of aliphatic hydroxyl groups excluding tert-OH is 1. The first-order valence-corrected chi connectivity index (χ1v) is 16.2. The fourth-order valence-corrected chi connectivity index (χ4v) is 8.61. The van der Waals surface area contributed by atoms with E-state index in [1.807, 2.05) is 4.90 Å². The molecule has 0 amide bonds. The minimum absolute atomic E-state index is 0.0275. The second-order valence-corrected chi connectivity index (χ2v) is 14.1. The van der Waals surface area contributed by atoms with Crippen molar-refractivity contribution in [3.05, 3.63) is 34.8 Å². The number of ether oxygens (including phenoxy) is 1. The number of hydrogen-bond acceptors (Lipinski definition) is 9. The van der Waals surface area contributed by atoms with Crippen molar-refractivity contribution in [2.45, 2.75) is 63.6 Å². The molecular formula is C31H35F5N6O2S. The van der Waals surface area contributed by atoms with E-state index < -0.39 is 35.2 Å². The van der Waals surface area contributed by atoms with Crippen LogP contribution in [-0.4, -0.2) is 76.1 Å². The maximum atomic E-state index is 17.0. The molecule has 1 aromatic carbocycles. The number of nitrogens with zero attached hydrogens (tertiary/aromatic N) is 5. The molecule has 3 fully saturated rings. The number of anilines is 2. The third-order valence-electron chi connectivity index (χ3n) is 10.2. The van der Waals surface area contributed by atoms with Gasteiger partial charge >= 0.3 is 12.2 Å². The van der Waals surface area contributed by atoms with Crippen molar-refractivity contribution in [1.29, 1.82) is 0 Å². The highest BCUT2D eigenvalue weighted by molar-refractivity contribution is 7.22. The summed E-state index contributed by atoms with van der Waals surface area (Å²) < 4.78 is 83.4. The number of alkyl halides is 3. The molecule has 8 nitrogen and oxygen atoms in total. The number of nitrogen functional groups attached to an aromatic ring is 1. The standard InChI is InChI=1S/C31H35F5N6O2S/c1-29(31(34,35)36)13-19-23(22(33)21(29)18-6-7-20(32)25-24(18)38-27(37)45-25)39-28(40-26(19)41-10-2-5-17(14-41)15-43)44-16-30-8-3-11-42(30)12-4-9-30/h6-7,17,43H,2-5,8-16H2,1H3,(H2,37,38). The number of hydrogen-bond donors (Lipinski definition) is 2. The van der Waals surface area contributed by atoms with Crippen molar-refractivity contribution in [1.82, 2.24) is 19.9 Å². The van der Waals surface area contributed by atoms with Gasteiger partial charge in [-0.25, -0.2) is 13.8 Å². The van der Waals surface area contributed by atoms with Gasteiger partial charge in [-0.2, -0.15) is 23.1 Å². The fraction of sp³-hybridized carbons (Fsp3) is 0.581. The van der Waals surface area contributed by atoms with Gasteiger partial charge in [0.15, 0.2) is 11.0 Å². The van der Waals surface area contributed by atoms with Crippen molar-refractivity contribution in [3.8, 4) is 6.01 Å². The summed E-state index contributed by atoms with van der Waals surface area (Å²) in [6.45, 7) is 3.94. The van der Waals surface area contributed by atoms with Crippen LogP contribution < -0.4 is 15.4 Å². The lowest BCUT2D eigenvalue weighted by Gasteiger charge is -2.41. The van der Waals surface area contributed by atoms with Gasteiger partial charge in [-0.3, -0.25) is 4.90 Å². The van der Waals surface area contributed by atoms with E-state index in [2.05, 4.69) is 19.9 Å². The highest BCUT2D eigenvalue weighted by atomic mass is 32.1. The molecule has 0 spiro atoms. The van der Waals surface area contributed by atoms with Gasteiger partial charge in [0.25, 0.3) is 0 Å². The van der Waals surface area contributed by atoms with Crippen LogP contribution in [0.2, 0.25) is 0 Å². The Morgan fingerprint density at radius 1 is 1.09 bits per heavy atom. The van der Waals surface area contributed by atoms with E-state index in [1.165, 1.54) is 0 Å². The quantitative estimate of drug-likeness (QED) is 0.314. The smallest absolute Gasteiger partial charge is 0.398 e. The minimum atomic E-state index is -4.91. The Morgan fingerprint density at radius 2 is 1.84 bits per heavy atom. The molecule has 3 saturated heterocycles. The van der Waals surface area contributed by atoms with Crippen LogP contribution in [0, 0.1) is 17.2 Å². The van der Waals surface area contributed by atoms with Crippen LogP contribution in [-0.2, 0) is 6.42 Å². The minimum Gasteiger partial charge on any atom is -0.461 e. The Kier molecular flexibility index (Phi) is 7.47. The Bertz CT molecular complexity index is 1670. The molecule has 0 bridgehead atoms. The molecule has 0 saturated carbocycles. The Labute approximate surface area is 261 Å². The molecule has 242 valence electrons. The first kappa shape index (κ1) is 30.5. The van der Waals surface area contributed by atoms with Gasteiger partial charge in [0.1, 0.15) is 23.9 Å². The highest BCUT2D eigenvalue weighted by Gasteiger charge is 2.58. The van der Waals surface area contributed by atoms with E-state index in [-0.39, 0.29) is 62.1 Å². The molecule has 3 aromatic rings. The summed E-state index contributed by atoms with van der Waals surface area (Å²) in [5.74, 6) is -1.80. The third kappa shape index (κ3) is 4.94. The van der Waals surface area contributed by atoms with Crippen molar-refractivity contribution >= 4 is 43.9 Å². The number of aliphatic hydroxyl groups is 1. The second-order valence-electron chi connectivity index (χ2n) is 13.0. The lowest BCUT2D eigenvalue weighted by atomic mass is 9.69. The van der Waals surface area contributed by atoms with Gasteiger partial charge in [0.2, 0.25) is 0 Å². The van der Waals surface area contributed by atoms with E-state index in [0.717, 1.165) is 75.6 Å². The van der Waals surface area contributed by atoms with Crippen molar-refractivity contribution < 1.29 is 31.8 Å². The molecule has 5 heterocycles. The van der Waals surface area contributed by atoms with Gasteiger partial charge in [-0.05, 0) is 83.0 Å². The van der Waals surface area contributed by atoms with Crippen molar-refractivity contribution in [3.63, 3.8) is 0 Å². The van der Waals surface area contributed by atoms with Crippen LogP contribution in [0.25, 0.3) is 21.6 Å². The van der Waals surface area contributed by atoms with Crippen LogP contribution in [0.5, 0.6) is 6.01 Å². The first-order valence-electron chi connectivity index (χ1n) is 15.4. The van der Waals surface area contributed by atoms with E-state index in [4.69, 9.17) is 10.5 Å². The van der Waals surface area contributed by atoms with Crippen LogP contribution in [0.4, 0.5) is 32.9 Å². The zero-order chi connectivity index (χ0) is 31.7. The number of benzene rings is 1. The molecule has 4 aliphatic rings. The number of aromatic nitrogens is 3. The maximum absolute atomic E-state index is 17.0. The number of piperidine rings is 1. The van der Waals surface area contributed by atoms with Gasteiger partial charge in [-0.15, -0.1) is 0 Å². The maximum Gasteiger partial charge on any atom is 0.398 e. The van der Waals surface area contributed by atoms with Crippen LogP contribution >= 0.6 is 11.3 Å². The first-order chi connectivity index (χ1) is 21.4. The van der Waals surface area contributed by atoms with Crippen LogP contribution in [0.1, 0.15) is 62.3 Å². The molecule has 3 N–H and O–H groups in total. The third-order valence-corrected chi connectivity index (χ3v) is 11.1. The number of halogens is 5. The average Bonchev–Trinajstić information content (AvgIpc) is 3.71. The molecule has 2 unspecified atom stereocenters. The lowest BCUT2D eigenvalue weighted by Crippen LogP contribution is -2.44. The number of rotatable bonds is 6. The summed E-state index contributed by atoms with van der Waals surface area (Å²) in [6.07, 6.45) is -0.116. The predicted octanol–water partition coefficient (Wildman–Crippen LogP) is 5.99. The summed E-state index contributed by atoms with van der Waals surface area (Å²) in [5, 5.41) is 9.85. The van der Waals surface area contributed by atoms with Crippen molar-refractivity contribution in [2.75, 3.05) is 50.0 Å². The zero-order valence-corrected chi connectivity index (χ0v) is 25.7. The normalized spacial score (nSPS) is 25.2. The molecule has 2 aromatic heterocycles. The van der Waals surface area contributed by atoms with Gasteiger partial charge < -0.3 is 20.5 Å². The molecule has 45 heavy (non-hydrogen) atoms. The number of allylic oxidation sites excluding steroid dienone is 1. The van der Waals surface area contributed by atoms with Gasteiger partial charge in [-0.1, -0.05) is 11.3 Å². The second kappa shape index (κ2) is 11.0. The Morgan fingerprint density at radius 3 is 2.56 bits per heavy atom. The number of nitrogens with two attached hydrogens (primary N) is 1. The summed E-state index contributed by atoms with van der Waals surface area (Å²) in [5.41, 5.74) is 1.71. The predicted molar refractivity (Wildman–Crippen MR) is 162 cm³/mol. The van der Waals surface area contributed by atoms with Crippen molar-refractivity contribution in [2.24, 2.45) is 11.3 Å². The van der Waals surface area contributed by atoms with E-state index in [1.54, 1.807) is 0 Å². The summed E-state index contributed by atoms with van der Waals surface area (Å²) in [4.78, 5) is 17.4. The van der Waals surface area contributed by atoms with E-state index >= 15 is 17.6 Å². The molecular weight excluding hydrogens is 615 g/mol.